The molecule has 15 heteroatoms. The van der Waals surface area contributed by atoms with Gasteiger partial charge in [0.25, 0.3) is 0 Å². The van der Waals surface area contributed by atoms with Crippen LogP contribution < -0.4 is 53.9 Å². The van der Waals surface area contributed by atoms with Gasteiger partial charge in [-0.2, -0.15) is 26.8 Å². The molecule has 0 atom stereocenters. The molecule has 0 spiro atoms. The molecule has 3 N–H and O–H groups in total. The minimum absolute atomic E-state index is 0. The van der Waals surface area contributed by atoms with E-state index < -0.39 is 29.2 Å². The van der Waals surface area contributed by atoms with E-state index in [-0.39, 0.29) is 69.7 Å². The Morgan fingerprint density at radius 3 is 1.80 bits per heavy atom. The molecule has 1 aliphatic heterocycles. The second-order valence-electron chi connectivity index (χ2n) is 11.8. The van der Waals surface area contributed by atoms with Crippen molar-refractivity contribution >= 4 is 48.1 Å². The molecule has 259 valence electrons. The zero-order chi connectivity index (χ0) is 34.3. The van der Waals surface area contributed by atoms with Crippen molar-refractivity contribution < 1.29 is 66.2 Å². The second kappa shape index (κ2) is 31.5. The van der Waals surface area contributed by atoms with Gasteiger partial charge in [0.1, 0.15) is 11.7 Å². The third kappa shape index (κ3) is 38.1. The first kappa shape index (κ1) is 55.9. The van der Waals surface area contributed by atoms with Crippen LogP contribution in [0.25, 0.3) is 0 Å². The number of nitrogen functional groups attached to an aromatic ring is 1. The molecular formula is C34H52FLi3N6O5-. The van der Waals surface area contributed by atoms with Gasteiger partial charge in [-0.05, 0) is 51.8 Å². The van der Waals surface area contributed by atoms with Crippen LogP contribution in [0.2, 0.25) is 0 Å². The van der Waals surface area contributed by atoms with E-state index in [2.05, 4.69) is 52.1 Å². The van der Waals surface area contributed by atoms with E-state index in [1.165, 1.54) is 37.2 Å². The number of carbonyl (C=O) groups excluding carboxylic acids is 1. The van der Waals surface area contributed by atoms with Gasteiger partial charge in [-0.1, -0.05) is 40.6 Å². The number of nitrogens with two attached hydrogens (primary N) is 1. The molecule has 4 heterocycles. The number of carbonyl (C=O) groups is 1. The Bertz CT molecular complexity index is 1200. The number of aliphatic imine (C=N–C) groups is 1. The predicted molar refractivity (Wildman–Crippen MR) is 187 cm³/mol. The number of rotatable bonds is 2. The summed E-state index contributed by atoms with van der Waals surface area (Å²) in [6, 6.07) is 9.10. The van der Waals surface area contributed by atoms with E-state index in [0.717, 1.165) is 19.4 Å². The number of pyridine rings is 3. The minimum atomic E-state index is -0.611. The van der Waals surface area contributed by atoms with Crippen LogP contribution in [0.1, 0.15) is 82.6 Å². The SMILES string of the molecule is C.C1CCOC1.CC(C)(C)OC(=O)Nc1ccncc1.CC(C)(C)OC([O-])=Nc1[c-]cncc1.C[C-](C)C.Nc1ccncc1[18F].[Li+].[Li+].[Li]. The standard InChI is InChI=1S/C10H14N2O2.C10H13N2O2.C5H5FN2.C4H8O.C4H9.CH4.3Li/c2*1-10(2,3)14-9(13)12-8-4-6-11-7-5-8;6-4-3-8-2-1-5(4)7;1-2-4-5-3-1;1-4(2)3;;;;/h4-7H,1-3H3,(H,11,12,13);4,6-7H,1-3H3,(H,11,12,13);1-3H,(H2,7,8);1-4H2;1-3H3;1H4;;;/q;-1;;;-1;;;2*+1/p-1/i;;6-1;;;;;;. The quantitative estimate of drug-likeness (QED) is 0.176. The first-order valence-electron chi connectivity index (χ1n) is 14.3. The molecule has 11 nitrogen and oxygen atoms in total. The van der Waals surface area contributed by atoms with Crippen LogP contribution in [0.15, 0.2) is 66.4 Å². The fourth-order valence-electron chi connectivity index (χ4n) is 2.51. The Labute approximate surface area is 329 Å². The minimum Gasteiger partial charge on any atom is -0.594 e. The maximum atomic E-state index is 12.1. The van der Waals surface area contributed by atoms with E-state index in [4.69, 9.17) is 19.9 Å². The Morgan fingerprint density at radius 1 is 0.939 bits per heavy atom. The van der Waals surface area contributed by atoms with Crippen molar-refractivity contribution in [3.8, 4) is 0 Å². The number of anilines is 2. The Hall–Kier alpha value is -2.53. The van der Waals surface area contributed by atoms with Crippen LogP contribution in [-0.2, 0) is 14.2 Å². The van der Waals surface area contributed by atoms with Crippen LogP contribution in [0.5, 0.6) is 0 Å². The van der Waals surface area contributed by atoms with Crippen molar-refractivity contribution in [2.24, 2.45) is 4.99 Å². The fourth-order valence-corrected chi connectivity index (χ4v) is 2.51. The van der Waals surface area contributed by atoms with Gasteiger partial charge in [0.15, 0.2) is 5.82 Å². The number of nitrogens with zero attached hydrogens (tertiary/aromatic N) is 4. The molecule has 1 saturated heterocycles. The summed E-state index contributed by atoms with van der Waals surface area (Å²) in [6.45, 7) is 19.1. The third-order valence-electron chi connectivity index (χ3n) is 4.17. The summed E-state index contributed by atoms with van der Waals surface area (Å²) in [6.07, 6.45) is 10.2. The van der Waals surface area contributed by atoms with Gasteiger partial charge in [-0.25, -0.2) is 15.3 Å². The van der Waals surface area contributed by atoms with Crippen LogP contribution in [-0.4, -0.2) is 70.4 Å². The molecule has 0 bridgehead atoms. The van der Waals surface area contributed by atoms with Gasteiger partial charge in [0, 0.05) is 62.0 Å². The number of amides is 1. The van der Waals surface area contributed by atoms with Crippen molar-refractivity contribution in [2.75, 3.05) is 24.3 Å². The average molecular weight is 664 g/mol. The summed E-state index contributed by atoms with van der Waals surface area (Å²) in [5, 5.41) is 13.8. The number of nitrogens with one attached hydrogen (secondary N) is 1. The fraction of sp³-hybridized carbons (Fsp3) is 0.471. The summed E-state index contributed by atoms with van der Waals surface area (Å²) in [5.74, 6) is 0.951. The molecule has 0 aromatic carbocycles. The van der Waals surface area contributed by atoms with Gasteiger partial charge in [0.05, 0.1) is 11.9 Å². The van der Waals surface area contributed by atoms with E-state index in [0.29, 0.717) is 11.4 Å². The smallest absolute Gasteiger partial charge is 0.594 e. The molecule has 1 radical (unpaired) electrons. The molecule has 1 aliphatic rings. The van der Waals surface area contributed by atoms with Crippen LogP contribution >= 0.6 is 0 Å². The number of halogens is 1. The Morgan fingerprint density at radius 2 is 1.43 bits per heavy atom. The number of ether oxygens (including phenoxy) is 3. The molecule has 0 aliphatic carbocycles. The second-order valence-corrected chi connectivity index (χ2v) is 11.8. The third-order valence-corrected chi connectivity index (χ3v) is 4.17. The molecule has 3 aromatic heterocycles. The van der Waals surface area contributed by atoms with Gasteiger partial charge in [-0.3, -0.25) is 20.3 Å². The van der Waals surface area contributed by atoms with E-state index in [9.17, 15) is 14.3 Å². The van der Waals surface area contributed by atoms with E-state index >= 15 is 0 Å². The Kier molecular flexibility index (Phi) is 35.9. The van der Waals surface area contributed by atoms with E-state index in [1.807, 2.05) is 20.8 Å². The van der Waals surface area contributed by atoms with E-state index in [1.54, 1.807) is 57.6 Å². The maximum absolute atomic E-state index is 12.1. The monoisotopic (exact) mass is 663 g/mol. The molecule has 4 rings (SSSR count). The predicted octanol–water partition coefficient (Wildman–Crippen LogP) is 0.957. The van der Waals surface area contributed by atoms with Crippen LogP contribution in [0, 0.1) is 17.8 Å². The van der Waals surface area contributed by atoms with Crippen LogP contribution in [0.4, 0.5) is 26.2 Å². The summed E-state index contributed by atoms with van der Waals surface area (Å²) in [4.78, 5) is 26.0. The first-order valence-corrected chi connectivity index (χ1v) is 14.3. The molecule has 1 fully saturated rings. The summed E-state index contributed by atoms with van der Waals surface area (Å²) in [5.41, 5.74) is 5.35. The number of hydrogen-bond acceptors (Lipinski definition) is 10. The van der Waals surface area contributed by atoms with Crippen LogP contribution in [0.3, 0.4) is 0 Å². The topological polar surface area (TPSA) is 157 Å². The Balaban J connectivity index is -0.000000172. The zero-order valence-corrected chi connectivity index (χ0v) is 30.9. The van der Waals surface area contributed by atoms with Crippen molar-refractivity contribution in [2.45, 2.75) is 93.8 Å². The van der Waals surface area contributed by atoms with Crippen molar-refractivity contribution in [1.29, 1.82) is 0 Å². The largest absolute Gasteiger partial charge is 1.00 e. The van der Waals surface area contributed by atoms with Crippen molar-refractivity contribution in [1.82, 2.24) is 15.0 Å². The molecule has 0 unspecified atom stereocenters. The normalized spacial score (nSPS) is 11.4. The van der Waals surface area contributed by atoms with Crippen molar-refractivity contribution in [3.05, 3.63) is 79.2 Å². The summed E-state index contributed by atoms with van der Waals surface area (Å²) < 4.78 is 27.1. The van der Waals surface area contributed by atoms with Gasteiger partial charge in [-0.15, -0.1) is 5.69 Å². The first-order chi connectivity index (χ1) is 21.0. The summed E-state index contributed by atoms with van der Waals surface area (Å²) in [7, 11) is 0. The molecule has 1 amide bonds. The molecular weight excluding hydrogens is 611 g/mol. The molecule has 0 saturated carbocycles. The molecule has 49 heavy (non-hydrogen) atoms. The average Bonchev–Trinajstić information content (AvgIpc) is 3.50. The molecule has 3 aromatic rings. The maximum Gasteiger partial charge on any atom is 1.00 e. The van der Waals surface area contributed by atoms with Gasteiger partial charge < -0.3 is 36.0 Å². The van der Waals surface area contributed by atoms with Gasteiger partial charge >= 0.3 is 43.8 Å². The number of aromatic nitrogens is 3. The zero-order valence-electron chi connectivity index (χ0n) is 30.9. The van der Waals surface area contributed by atoms with Gasteiger partial charge in [0.2, 0.25) is 0 Å². The van der Waals surface area contributed by atoms with Crippen molar-refractivity contribution in [3.63, 3.8) is 0 Å². The summed E-state index contributed by atoms with van der Waals surface area (Å²) >= 11 is 0. The number of hydrogen-bond donors (Lipinski definition) is 2.